The number of benzene rings is 1. The van der Waals surface area contributed by atoms with Crippen molar-refractivity contribution < 1.29 is 10.0 Å². The SMILES string of the molecule is Cc1nc([N+](=O)[O-])c(NC2CCCN(Cc3cc(Cl)ccc3O)C2)n1C. The Balaban J connectivity index is 1.71. The maximum Gasteiger partial charge on any atom is 0.406 e. The van der Waals surface area contributed by atoms with E-state index in [0.717, 1.165) is 24.9 Å². The molecule has 1 saturated heterocycles. The lowest BCUT2D eigenvalue weighted by molar-refractivity contribution is -0.388. The average Bonchev–Trinajstić information content (AvgIpc) is 2.87. The first-order valence-corrected chi connectivity index (χ1v) is 8.87. The molecule has 140 valence electrons. The van der Waals surface area contributed by atoms with Crippen molar-refractivity contribution >= 4 is 23.2 Å². The molecule has 9 heteroatoms. The summed E-state index contributed by atoms with van der Waals surface area (Å²) in [5.41, 5.74) is 0.778. The van der Waals surface area contributed by atoms with Gasteiger partial charge in [-0.2, -0.15) is 0 Å². The van der Waals surface area contributed by atoms with Gasteiger partial charge in [-0.15, -0.1) is 0 Å². The van der Waals surface area contributed by atoms with Gasteiger partial charge in [0.2, 0.25) is 11.6 Å². The Bertz CT molecular complexity index is 823. The largest absolute Gasteiger partial charge is 0.508 e. The summed E-state index contributed by atoms with van der Waals surface area (Å²) in [5, 5.41) is 25.1. The molecule has 0 spiro atoms. The quantitative estimate of drug-likeness (QED) is 0.612. The normalized spacial score (nSPS) is 18.0. The fraction of sp³-hybridized carbons (Fsp3) is 0.471. The van der Waals surface area contributed by atoms with Crippen LogP contribution in [0.5, 0.6) is 5.75 Å². The minimum absolute atomic E-state index is 0.0681. The number of hydrogen-bond donors (Lipinski definition) is 2. The average molecular weight is 380 g/mol. The number of aromatic hydroxyl groups is 1. The second-order valence-corrected chi connectivity index (χ2v) is 7.08. The molecule has 3 rings (SSSR count). The first-order chi connectivity index (χ1) is 12.3. The van der Waals surface area contributed by atoms with Crippen molar-refractivity contribution in [3.8, 4) is 5.75 Å². The topological polar surface area (TPSA) is 96.5 Å². The van der Waals surface area contributed by atoms with E-state index in [2.05, 4.69) is 15.2 Å². The minimum Gasteiger partial charge on any atom is -0.508 e. The van der Waals surface area contributed by atoms with E-state index in [0.29, 0.717) is 29.8 Å². The number of nitro groups is 1. The molecule has 1 unspecified atom stereocenters. The van der Waals surface area contributed by atoms with Gasteiger partial charge in [0, 0.05) is 43.7 Å². The number of phenolic OH excluding ortho intramolecular Hbond substituents is 1. The van der Waals surface area contributed by atoms with Crippen LogP contribution in [0.2, 0.25) is 5.02 Å². The van der Waals surface area contributed by atoms with Crippen LogP contribution in [-0.4, -0.2) is 43.6 Å². The van der Waals surface area contributed by atoms with E-state index >= 15 is 0 Å². The molecule has 0 aliphatic carbocycles. The molecule has 2 heterocycles. The van der Waals surface area contributed by atoms with Crippen LogP contribution < -0.4 is 5.32 Å². The van der Waals surface area contributed by atoms with Gasteiger partial charge in [0.25, 0.3) is 0 Å². The van der Waals surface area contributed by atoms with Crippen LogP contribution in [0.25, 0.3) is 0 Å². The van der Waals surface area contributed by atoms with E-state index < -0.39 is 4.92 Å². The molecule has 26 heavy (non-hydrogen) atoms. The van der Waals surface area contributed by atoms with Crippen LogP contribution in [-0.2, 0) is 13.6 Å². The van der Waals surface area contributed by atoms with Crippen molar-refractivity contribution in [3.05, 3.63) is 44.7 Å². The van der Waals surface area contributed by atoms with Gasteiger partial charge in [0.05, 0.1) is 0 Å². The fourth-order valence-corrected chi connectivity index (χ4v) is 3.51. The van der Waals surface area contributed by atoms with Crippen molar-refractivity contribution in [2.45, 2.75) is 32.4 Å². The van der Waals surface area contributed by atoms with Gasteiger partial charge < -0.3 is 20.5 Å². The van der Waals surface area contributed by atoms with Crippen molar-refractivity contribution in [2.24, 2.45) is 7.05 Å². The van der Waals surface area contributed by atoms with E-state index in [1.807, 2.05) is 0 Å². The highest BCUT2D eigenvalue weighted by atomic mass is 35.5. The molecular formula is C17H22ClN5O3. The zero-order valence-electron chi connectivity index (χ0n) is 14.8. The van der Waals surface area contributed by atoms with Crippen LogP contribution in [0, 0.1) is 17.0 Å². The monoisotopic (exact) mass is 379 g/mol. The molecule has 1 aromatic heterocycles. The molecule has 8 nitrogen and oxygen atoms in total. The highest BCUT2D eigenvalue weighted by Gasteiger charge is 2.28. The van der Waals surface area contributed by atoms with Gasteiger partial charge in [-0.3, -0.25) is 9.47 Å². The fourth-order valence-electron chi connectivity index (χ4n) is 3.31. The number of anilines is 1. The van der Waals surface area contributed by atoms with E-state index in [-0.39, 0.29) is 17.6 Å². The first kappa shape index (κ1) is 18.5. The minimum atomic E-state index is -0.458. The molecule has 2 aromatic rings. The summed E-state index contributed by atoms with van der Waals surface area (Å²) in [6, 6.07) is 5.09. The molecule has 1 aliphatic heterocycles. The molecule has 0 amide bonds. The number of aromatic nitrogens is 2. The number of rotatable bonds is 5. The smallest absolute Gasteiger partial charge is 0.406 e. The maximum atomic E-state index is 11.2. The maximum absolute atomic E-state index is 11.2. The Labute approximate surface area is 156 Å². The number of likely N-dealkylation sites (tertiary alicyclic amines) is 1. The Morgan fingerprint density at radius 1 is 1.50 bits per heavy atom. The lowest BCUT2D eigenvalue weighted by atomic mass is 10.0. The summed E-state index contributed by atoms with van der Waals surface area (Å²) in [4.78, 5) is 17.0. The Morgan fingerprint density at radius 3 is 3.00 bits per heavy atom. The molecular weight excluding hydrogens is 358 g/mol. The van der Waals surface area contributed by atoms with Crippen molar-refractivity contribution in [3.63, 3.8) is 0 Å². The molecule has 2 N–H and O–H groups in total. The predicted octanol–water partition coefficient (Wildman–Crippen LogP) is 3.07. The second kappa shape index (κ2) is 7.51. The van der Waals surface area contributed by atoms with Crippen molar-refractivity contribution in [1.82, 2.24) is 14.5 Å². The van der Waals surface area contributed by atoms with Crippen LogP contribution in [0.3, 0.4) is 0 Å². The van der Waals surface area contributed by atoms with Crippen LogP contribution in [0.1, 0.15) is 24.2 Å². The van der Waals surface area contributed by atoms with Crippen molar-refractivity contribution in [2.75, 3.05) is 18.4 Å². The van der Waals surface area contributed by atoms with Gasteiger partial charge >= 0.3 is 5.82 Å². The number of aryl methyl sites for hydroxylation is 1. The van der Waals surface area contributed by atoms with Gasteiger partial charge in [0.15, 0.2) is 0 Å². The molecule has 1 atom stereocenters. The first-order valence-electron chi connectivity index (χ1n) is 8.49. The third-order valence-corrected chi connectivity index (χ3v) is 4.99. The highest BCUT2D eigenvalue weighted by molar-refractivity contribution is 6.30. The second-order valence-electron chi connectivity index (χ2n) is 6.64. The van der Waals surface area contributed by atoms with Gasteiger partial charge in [0.1, 0.15) is 5.75 Å². The number of imidazole rings is 1. The summed E-state index contributed by atoms with van der Waals surface area (Å²) < 4.78 is 1.71. The van der Waals surface area contributed by atoms with Crippen LogP contribution in [0.4, 0.5) is 11.6 Å². The summed E-state index contributed by atoms with van der Waals surface area (Å²) in [7, 11) is 1.77. The molecule has 1 fully saturated rings. The summed E-state index contributed by atoms with van der Waals surface area (Å²) in [6.07, 6.45) is 1.88. The number of hydrogen-bond acceptors (Lipinski definition) is 6. The summed E-state index contributed by atoms with van der Waals surface area (Å²) in [5.74, 6) is 1.11. The number of nitrogens with one attached hydrogen (secondary N) is 1. The zero-order chi connectivity index (χ0) is 18.8. The number of piperidine rings is 1. The molecule has 0 bridgehead atoms. The third kappa shape index (κ3) is 3.91. The van der Waals surface area contributed by atoms with Crippen LogP contribution in [0.15, 0.2) is 18.2 Å². The number of nitrogens with zero attached hydrogens (tertiary/aromatic N) is 4. The highest BCUT2D eigenvalue weighted by Crippen LogP contribution is 2.28. The van der Waals surface area contributed by atoms with E-state index in [1.54, 1.807) is 36.7 Å². The molecule has 1 aromatic carbocycles. The predicted molar refractivity (Wildman–Crippen MR) is 99.6 cm³/mol. The summed E-state index contributed by atoms with van der Waals surface area (Å²) in [6.45, 7) is 3.94. The number of phenols is 1. The Kier molecular flexibility index (Phi) is 5.33. The lowest BCUT2D eigenvalue weighted by Gasteiger charge is -2.33. The number of halogens is 1. The Morgan fingerprint density at radius 2 is 2.27 bits per heavy atom. The van der Waals surface area contributed by atoms with Gasteiger partial charge in [-0.1, -0.05) is 11.6 Å². The van der Waals surface area contributed by atoms with Crippen molar-refractivity contribution in [1.29, 1.82) is 0 Å². The molecule has 1 aliphatic rings. The lowest BCUT2D eigenvalue weighted by Crippen LogP contribution is -2.42. The summed E-state index contributed by atoms with van der Waals surface area (Å²) >= 11 is 6.02. The van der Waals surface area contributed by atoms with E-state index in [1.165, 1.54) is 0 Å². The standard InChI is InChI=1S/C17H22ClN5O3/c1-11-19-17(23(25)26)16(21(11)2)20-14-4-3-7-22(10-14)9-12-8-13(18)5-6-15(12)24/h5-6,8,14,20,24H,3-4,7,9-10H2,1-2H3. The van der Waals surface area contributed by atoms with Gasteiger partial charge in [-0.25, -0.2) is 0 Å². The van der Waals surface area contributed by atoms with Crippen LogP contribution >= 0.6 is 11.6 Å². The van der Waals surface area contributed by atoms with E-state index in [4.69, 9.17) is 11.6 Å². The third-order valence-electron chi connectivity index (χ3n) is 4.76. The zero-order valence-corrected chi connectivity index (χ0v) is 15.5. The molecule has 0 radical (unpaired) electrons. The van der Waals surface area contributed by atoms with E-state index in [9.17, 15) is 15.2 Å². The molecule has 0 saturated carbocycles. The van der Waals surface area contributed by atoms with Gasteiger partial charge in [-0.05, 0) is 47.5 Å². The Hall–Kier alpha value is -2.32.